The highest BCUT2D eigenvalue weighted by molar-refractivity contribution is 6.09. The summed E-state index contributed by atoms with van der Waals surface area (Å²) in [6, 6.07) is 4.77. The molecule has 9 nitrogen and oxygen atoms in total. The molecule has 0 aromatic heterocycles. The predicted octanol–water partition coefficient (Wildman–Crippen LogP) is 1.96. The number of piperidine rings is 1. The number of carbonyl (C=O) groups is 4. The van der Waals surface area contributed by atoms with E-state index in [4.69, 9.17) is 9.47 Å². The number of rotatable bonds is 7. The zero-order valence-electron chi connectivity index (χ0n) is 19.1. The van der Waals surface area contributed by atoms with Crippen molar-refractivity contribution >= 4 is 23.8 Å². The Kier molecular flexibility index (Phi) is 7.06. The number of urea groups is 1. The van der Waals surface area contributed by atoms with Gasteiger partial charge in [-0.1, -0.05) is 13.0 Å². The molecular formula is C23H31N3O6. The number of aryl methyl sites for hydroxylation is 1. The van der Waals surface area contributed by atoms with Gasteiger partial charge >= 0.3 is 12.0 Å². The van der Waals surface area contributed by atoms with Gasteiger partial charge in [-0.05, 0) is 56.4 Å². The summed E-state index contributed by atoms with van der Waals surface area (Å²) in [6.45, 7) is 6.24. The van der Waals surface area contributed by atoms with E-state index in [-0.39, 0.29) is 24.3 Å². The number of nitrogens with one attached hydrogen (secondary N) is 1. The fourth-order valence-electron chi connectivity index (χ4n) is 4.41. The number of methoxy groups -OCH3 is 1. The van der Waals surface area contributed by atoms with Crippen molar-refractivity contribution in [1.29, 1.82) is 0 Å². The van der Waals surface area contributed by atoms with Crippen LogP contribution >= 0.6 is 0 Å². The molecule has 0 saturated carbocycles. The Morgan fingerprint density at radius 1 is 1.19 bits per heavy atom. The number of carbonyl (C=O) groups excluding carboxylic acids is 4. The van der Waals surface area contributed by atoms with Gasteiger partial charge in [-0.25, -0.2) is 4.79 Å². The van der Waals surface area contributed by atoms with Crippen molar-refractivity contribution in [1.82, 2.24) is 15.1 Å². The van der Waals surface area contributed by atoms with E-state index in [9.17, 15) is 19.2 Å². The molecule has 1 aromatic carbocycles. The van der Waals surface area contributed by atoms with Gasteiger partial charge in [-0.15, -0.1) is 0 Å². The quantitative estimate of drug-likeness (QED) is 0.508. The highest BCUT2D eigenvalue weighted by Crippen LogP contribution is 2.34. The molecule has 0 bridgehead atoms. The lowest BCUT2D eigenvalue weighted by Crippen LogP contribution is -2.47. The Morgan fingerprint density at radius 2 is 1.88 bits per heavy atom. The van der Waals surface area contributed by atoms with E-state index in [0.29, 0.717) is 50.3 Å². The molecule has 1 aromatic rings. The molecule has 2 fully saturated rings. The molecular weight excluding hydrogens is 414 g/mol. The molecule has 2 heterocycles. The molecule has 1 unspecified atom stereocenters. The maximum atomic E-state index is 13.3. The third kappa shape index (κ3) is 4.28. The van der Waals surface area contributed by atoms with Crippen LogP contribution in [0.4, 0.5) is 4.79 Å². The summed E-state index contributed by atoms with van der Waals surface area (Å²) in [5.41, 5.74) is 0.284. The van der Waals surface area contributed by atoms with Crippen molar-refractivity contribution in [3.8, 4) is 5.75 Å². The number of amides is 4. The number of ether oxygens (including phenoxy) is 2. The number of esters is 1. The monoisotopic (exact) mass is 445 g/mol. The topological polar surface area (TPSA) is 105 Å². The molecule has 32 heavy (non-hydrogen) atoms. The zero-order valence-corrected chi connectivity index (χ0v) is 19.1. The van der Waals surface area contributed by atoms with Gasteiger partial charge in [-0.3, -0.25) is 19.3 Å². The van der Waals surface area contributed by atoms with Crippen molar-refractivity contribution in [2.24, 2.45) is 5.92 Å². The lowest BCUT2D eigenvalue weighted by molar-refractivity contribution is -0.151. The highest BCUT2D eigenvalue weighted by atomic mass is 16.5. The molecule has 2 aliphatic rings. The maximum absolute atomic E-state index is 13.3. The third-order valence-corrected chi connectivity index (χ3v) is 6.35. The van der Waals surface area contributed by atoms with Crippen LogP contribution in [0.3, 0.4) is 0 Å². The molecule has 2 aliphatic heterocycles. The van der Waals surface area contributed by atoms with Crippen LogP contribution in [-0.4, -0.2) is 67.0 Å². The number of benzene rings is 1. The lowest BCUT2D eigenvalue weighted by Gasteiger charge is -2.32. The van der Waals surface area contributed by atoms with Gasteiger partial charge in [0.25, 0.3) is 5.91 Å². The zero-order chi connectivity index (χ0) is 23.5. The number of likely N-dealkylation sites (tertiary alicyclic amines) is 1. The summed E-state index contributed by atoms with van der Waals surface area (Å²) < 4.78 is 10.3. The van der Waals surface area contributed by atoms with Crippen molar-refractivity contribution in [3.05, 3.63) is 29.3 Å². The fraction of sp³-hybridized carbons (Fsp3) is 0.565. The number of hydrogen-bond donors (Lipinski definition) is 1. The van der Waals surface area contributed by atoms with E-state index in [2.05, 4.69) is 5.32 Å². The van der Waals surface area contributed by atoms with Crippen molar-refractivity contribution in [3.63, 3.8) is 0 Å². The first-order valence-electron chi connectivity index (χ1n) is 11.0. The van der Waals surface area contributed by atoms with Gasteiger partial charge in [0.1, 0.15) is 17.8 Å². The first-order valence-corrected chi connectivity index (χ1v) is 11.0. The molecule has 2 saturated heterocycles. The second-order valence-corrected chi connectivity index (χ2v) is 8.17. The normalized spacial score (nSPS) is 21.5. The largest absolute Gasteiger partial charge is 0.496 e. The van der Waals surface area contributed by atoms with Crippen LogP contribution in [-0.2, 0) is 24.7 Å². The van der Waals surface area contributed by atoms with Gasteiger partial charge in [0.05, 0.1) is 19.6 Å². The highest BCUT2D eigenvalue weighted by Gasteiger charge is 2.52. The van der Waals surface area contributed by atoms with Crippen molar-refractivity contribution < 1.29 is 28.7 Å². The molecule has 0 spiro atoms. The minimum Gasteiger partial charge on any atom is -0.496 e. The molecule has 4 amide bonds. The molecule has 1 atom stereocenters. The SMILES string of the molecule is CCOC(=O)C1CCN(C(=O)CN2C(=O)NC(CC)(c3ccc(OC)c(C)c3)C2=O)CC1. The van der Waals surface area contributed by atoms with Crippen LogP contribution in [0.5, 0.6) is 5.75 Å². The number of imide groups is 1. The van der Waals surface area contributed by atoms with Gasteiger partial charge in [0.15, 0.2) is 0 Å². The van der Waals surface area contributed by atoms with Crippen molar-refractivity contribution in [2.75, 3.05) is 33.4 Å². The van der Waals surface area contributed by atoms with Crippen LogP contribution in [0.25, 0.3) is 0 Å². The average molecular weight is 446 g/mol. The van der Waals surface area contributed by atoms with Gasteiger partial charge in [0.2, 0.25) is 5.91 Å². The van der Waals surface area contributed by atoms with E-state index in [1.54, 1.807) is 31.1 Å². The lowest BCUT2D eigenvalue weighted by atomic mass is 9.86. The molecule has 0 aliphatic carbocycles. The minimum absolute atomic E-state index is 0.221. The maximum Gasteiger partial charge on any atom is 0.325 e. The van der Waals surface area contributed by atoms with E-state index >= 15 is 0 Å². The summed E-state index contributed by atoms with van der Waals surface area (Å²) in [4.78, 5) is 53.4. The Bertz CT molecular complexity index is 909. The van der Waals surface area contributed by atoms with Crippen LogP contribution in [0.15, 0.2) is 18.2 Å². The Hall–Kier alpha value is -3.10. The Balaban J connectivity index is 1.70. The van der Waals surface area contributed by atoms with Crippen molar-refractivity contribution in [2.45, 2.75) is 45.6 Å². The van der Waals surface area contributed by atoms with E-state index in [0.717, 1.165) is 10.5 Å². The Morgan fingerprint density at radius 3 is 2.44 bits per heavy atom. The van der Waals surface area contributed by atoms with Gasteiger partial charge < -0.3 is 19.7 Å². The second-order valence-electron chi connectivity index (χ2n) is 8.17. The van der Waals surface area contributed by atoms with Crippen LogP contribution in [0.2, 0.25) is 0 Å². The van der Waals surface area contributed by atoms with Crippen LogP contribution < -0.4 is 10.1 Å². The first kappa shape index (κ1) is 23.6. The standard InChI is InChI=1S/C23H31N3O6/c1-5-23(17-7-8-18(31-4)15(3)13-17)21(29)26(22(30)24-23)14-19(27)25-11-9-16(10-12-25)20(28)32-6-2/h7-8,13,16H,5-6,9-12,14H2,1-4H3,(H,24,30). The molecule has 0 radical (unpaired) electrons. The molecule has 9 heteroatoms. The second kappa shape index (κ2) is 9.58. The smallest absolute Gasteiger partial charge is 0.325 e. The van der Waals surface area contributed by atoms with E-state index in [1.165, 1.54) is 0 Å². The number of hydrogen-bond acceptors (Lipinski definition) is 6. The Labute approximate surface area is 188 Å². The van der Waals surface area contributed by atoms with E-state index < -0.39 is 17.5 Å². The summed E-state index contributed by atoms with van der Waals surface area (Å²) in [5.74, 6) is -0.522. The van der Waals surface area contributed by atoms with E-state index in [1.807, 2.05) is 19.9 Å². The predicted molar refractivity (Wildman–Crippen MR) is 116 cm³/mol. The summed E-state index contributed by atoms with van der Waals surface area (Å²) >= 11 is 0. The summed E-state index contributed by atoms with van der Waals surface area (Å²) in [5, 5.41) is 2.81. The summed E-state index contributed by atoms with van der Waals surface area (Å²) in [6.07, 6.45) is 1.36. The van der Waals surface area contributed by atoms with Gasteiger partial charge in [-0.2, -0.15) is 0 Å². The molecule has 1 N–H and O–H groups in total. The van der Waals surface area contributed by atoms with Crippen LogP contribution in [0.1, 0.15) is 44.2 Å². The average Bonchev–Trinajstić information content (AvgIpc) is 3.04. The third-order valence-electron chi connectivity index (χ3n) is 6.35. The summed E-state index contributed by atoms with van der Waals surface area (Å²) in [7, 11) is 1.57. The molecule has 174 valence electrons. The number of nitrogens with zero attached hydrogens (tertiary/aromatic N) is 2. The minimum atomic E-state index is -1.22. The fourth-order valence-corrected chi connectivity index (χ4v) is 4.41. The first-order chi connectivity index (χ1) is 15.3. The van der Waals surface area contributed by atoms with Gasteiger partial charge in [0, 0.05) is 13.1 Å². The molecule has 3 rings (SSSR count). The van der Waals surface area contributed by atoms with Crippen LogP contribution in [0, 0.1) is 12.8 Å².